The number of aliphatic hydroxyl groups excluding tert-OH is 3. The molecule has 0 saturated carbocycles. The zero-order chi connectivity index (χ0) is 8.06. The minimum absolute atomic E-state index is 0.145. The molecular formula is C6H10O5. The van der Waals surface area contributed by atoms with Crippen LogP contribution in [0.1, 0.15) is 0 Å². The predicted octanol–water partition coefficient (Wildman–Crippen LogP) is -2.17. The minimum Gasteiger partial charge on any atom is -0.393 e. The van der Waals surface area contributed by atoms with E-state index in [1.54, 1.807) is 0 Å². The molecule has 2 unspecified atom stereocenters. The molecule has 3 N–H and O–H groups in total. The van der Waals surface area contributed by atoms with Gasteiger partial charge in [-0.25, -0.2) is 0 Å². The van der Waals surface area contributed by atoms with Gasteiger partial charge < -0.3 is 24.8 Å². The van der Waals surface area contributed by atoms with Gasteiger partial charge in [0.1, 0.15) is 17.8 Å². The van der Waals surface area contributed by atoms with Crippen molar-refractivity contribution >= 4 is 0 Å². The van der Waals surface area contributed by atoms with Crippen LogP contribution in [-0.4, -0.2) is 52.6 Å². The third-order valence-electron chi connectivity index (χ3n) is 2.27. The fraction of sp³-hybridized carbons (Fsp3) is 1.00. The average Bonchev–Trinajstić information content (AvgIpc) is 2.42. The molecule has 2 saturated heterocycles. The van der Waals surface area contributed by atoms with Crippen molar-refractivity contribution in [3.8, 4) is 0 Å². The molecule has 64 valence electrons. The lowest BCUT2D eigenvalue weighted by molar-refractivity contribution is -0.231. The van der Waals surface area contributed by atoms with Gasteiger partial charge in [-0.1, -0.05) is 0 Å². The Morgan fingerprint density at radius 2 is 2.18 bits per heavy atom. The number of rotatable bonds is 1. The third-order valence-corrected chi connectivity index (χ3v) is 2.27. The lowest BCUT2D eigenvalue weighted by Gasteiger charge is -2.26. The van der Waals surface area contributed by atoms with Crippen LogP contribution in [0.25, 0.3) is 0 Å². The second-order valence-corrected chi connectivity index (χ2v) is 2.95. The topological polar surface area (TPSA) is 79.2 Å². The van der Waals surface area contributed by atoms with Gasteiger partial charge in [0, 0.05) is 0 Å². The van der Waals surface area contributed by atoms with Gasteiger partial charge in [-0.05, 0) is 0 Å². The molecule has 2 rings (SSSR count). The van der Waals surface area contributed by atoms with Crippen LogP contribution in [0, 0.1) is 0 Å². The summed E-state index contributed by atoms with van der Waals surface area (Å²) in [6, 6.07) is 0. The van der Waals surface area contributed by atoms with Gasteiger partial charge in [0.25, 0.3) is 0 Å². The van der Waals surface area contributed by atoms with Gasteiger partial charge in [0.2, 0.25) is 0 Å². The molecule has 2 aliphatic heterocycles. The zero-order valence-electron chi connectivity index (χ0n) is 5.80. The Labute approximate surface area is 63.2 Å². The smallest absolute Gasteiger partial charge is 0.184 e. The highest BCUT2D eigenvalue weighted by Gasteiger charge is 2.60. The molecule has 0 aromatic rings. The van der Waals surface area contributed by atoms with Crippen molar-refractivity contribution in [2.75, 3.05) is 13.2 Å². The van der Waals surface area contributed by atoms with Crippen LogP contribution >= 0.6 is 0 Å². The average molecular weight is 162 g/mol. The highest BCUT2D eigenvalue weighted by molar-refractivity contribution is 5.05. The predicted molar refractivity (Wildman–Crippen MR) is 32.7 cm³/mol. The van der Waals surface area contributed by atoms with Crippen molar-refractivity contribution < 1.29 is 24.8 Å². The van der Waals surface area contributed by atoms with Gasteiger partial charge in [-0.3, -0.25) is 0 Å². The van der Waals surface area contributed by atoms with Crippen molar-refractivity contribution in [1.29, 1.82) is 0 Å². The number of fused-ring (bicyclic) bond motifs is 2. The second-order valence-electron chi connectivity index (χ2n) is 2.95. The molecule has 4 atom stereocenters. The maximum absolute atomic E-state index is 9.38. The summed E-state index contributed by atoms with van der Waals surface area (Å²) in [5.74, 6) is 0. The van der Waals surface area contributed by atoms with Crippen LogP contribution in [0.4, 0.5) is 0 Å². The van der Waals surface area contributed by atoms with E-state index in [1.165, 1.54) is 0 Å². The van der Waals surface area contributed by atoms with E-state index in [4.69, 9.17) is 19.7 Å². The highest BCUT2D eigenvalue weighted by Crippen LogP contribution is 2.38. The molecule has 5 nitrogen and oxygen atoms in total. The summed E-state index contributed by atoms with van der Waals surface area (Å²) >= 11 is 0. The molecule has 2 bridgehead atoms. The van der Waals surface area contributed by atoms with Crippen LogP contribution in [0.5, 0.6) is 0 Å². The van der Waals surface area contributed by atoms with Crippen LogP contribution in [0.3, 0.4) is 0 Å². The first-order valence-corrected chi connectivity index (χ1v) is 3.46. The van der Waals surface area contributed by atoms with Crippen molar-refractivity contribution in [1.82, 2.24) is 0 Å². The molecule has 0 aromatic heterocycles. The van der Waals surface area contributed by atoms with Crippen molar-refractivity contribution in [3.63, 3.8) is 0 Å². The van der Waals surface area contributed by atoms with Gasteiger partial charge >= 0.3 is 0 Å². The summed E-state index contributed by atoms with van der Waals surface area (Å²) in [6.07, 6.45) is -2.71. The molecule has 0 radical (unpaired) electrons. The molecular weight excluding hydrogens is 152 g/mol. The molecule has 0 amide bonds. The van der Waals surface area contributed by atoms with E-state index in [9.17, 15) is 5.11 Å². The van der Waals surface area contributed by atoms with E-state index >= 15 is 0 Å². The molecule has 2 fully saturated rings. The van der Waals surface area contributed by atoms with E-state index in [0.717, 1.165) is 0 Å². The van der Waals surface area contributed by atoms with Gasteiger partial charge in [0.05, 0.1) is 13.2 Å². The Balaban J connectivity index is 2.24. The summed E-state index contributed by atoms with van der Waals surface area (Å²) in [6.45, 7) is -0.186. The quantitative estimate of drug-likeness (QED) is 0.409. The third kappa shape index (κ3) is 0.771. The first-order valence-electron chi connectivity index (χ1n) is 3.46. The maximum atomic E-state index is 9.38. The Hall–Kier alpha value is -0.200. The standard InChI is InChI=1S/C6H10O5/c7-1-6-2-10-3(4(6)8)5(9)11-6/h3-5,7-9H,1-2H2/t3?,4?,5-,6+/m1/s1. The molecule has 0 aliphatic carbocycles. The summed E-state index contributed by atoms with van der Waals surface area (Å²) in [5, 5.41) is 27.3. The summed E-state index contributed by atoms with van der Waals surface area (Å²) in [5.41, 5.74) is -1.08. The molecule has 2 heterocycles. The van der Waals surface area contributed by atoms with Gasteiger partial charge in [0.15, 0.2) is 6.29 Å². The maximum Gasteiger partial charge on any atom is 0.184 e. The fourth-order valence-corrected chi connectivity index (χ4v) is 1.54. The highest BCUT2D eigenvalue weighted by atomic mass is 16.7. The van der Waals surface area contributed by atoms with E-state index in [1.807, 2.05) is 0 Å². The Kier molecular flexibility index (Phi) is 1.45. The fourth-order valence-electron chi connectivity index (χ4n) is 1.54. The lowest BCUT2D eigenvalue weighted by Crippen LogP contribution is -2.44. The van der Waals surface area contributed by atoms with E-state index in [-0.39, 0.29) is 13.2 Å². The molecule has 5 heteroatoms. The normalized spacial score (nSPS) is 55.4. The first kappa shape index (κ1) is 7.45. The number of hydrogen-bond acceptors (Lipinski definition) is 5. The van der Waals surface area contributed by atoms with Crippen LogP contribution < -0.4 is 0 Å². The van der Waals surface area contributed by atoms with Crippen molar-refractivity contribution in [2.24, 2.45) is 0 Å². The monoisotopic (exact) mass is 162 g/mol. The molecule has 2 aliphatic rings. The largest absolute Gasteiger partial charge is 0.393 e. The van der Waals surface area contributed by atoms with E-state index in [0.29, 0.717) is 0 Å². The second kappa shape index (κ2) is 2.15. The van der Waals surface area contributed by atoms with Crippen LogP contribution in [-0.2, 0) is 9.47 Å². The molecule has 0 spiro atoms. The van der Waals surface area contributed by atoms with E-state index < -0.39 is 24.1 Å². The molecule has 0 aromatic carbocycles. The zero-order valence-corrected chi connectivity index (χ0v) is 5.80. The van der Waals surface area contributed by atoms with Crippen LogP contribution in [0.2, 0.25) is 0 Å². The lowest BCUT2D eigenvalue weighted by atomic mass is 10.0. The van der Waals surface area contributed by atoms with Crippen LogP contribution in [0.15, 0.2) is 0 Å². The number of aliphatic hydroxyl groups is 3. The Bertz CT molecular complexity index is 172. The molecule has 11 heavy (non-hydrogen) atoms. The minimum atomic E-state index is -1.11. The summed E-state index contributed by atoms with van der Waals surface area (Å²) < 4.78 is 9.93. The number of ether oxygens (including phenoxy) is 2. The first-order chi connectivity index (χ1) is 5.19. The van der Waals surface area contributed by atoms with Crippen molar-refractivity contribution in [3.05, 3.63) is 0 Å². The Morgan fingerprint density at radius 3 is 2.45 bits per heavy atom. The summed E-state index contributed by atoms with van der Waals surface area (Å²) in [7, 11) is 0. The SMILES string of the molecule is OC[C@]12COC(C1O)[C@H](O)O2. The van der Waals surface area contributed by atoms with Crippen molar-refractivity contribution in [2.45, 2.75) is 24.1 Å². The van der Waals surface area contributed by atoms with Gasteiger partial charge in [-0.2, -0.15) is 0 Å². The Morgan fingerprint density at radius 1 is 1.45 bits per heavy atom. The number of hydrogen-bond donors (Lipinski definition) is 3. The van der Waals surface area contributed by atoms with Gasteiger partial charge in [-0.15, -0.1) is 0 Å². The van der Waals surface area contributed by atoms with E-state index in [2.05, 4.69) is 0 Å². The summed E-state index contributed by atoms with van der Waals surface area (Å²) in [4.78, 5) is 0.